The van der Waals surface area contributed by atoms with E-state index in [-0.39, 0.29) is 11.2 Å². The van der Waals surface area contributed by atoms with Crippen LogP contribution in [0, 0.1) is 0 Å². The Bertz CT molecular complexity index is 707. The summed E-state index contributed by atoms with van der Waals surface area (Å²) in [7, 11) is 3.15. The number of hydrogen-bond acceptors (Lipinski definition) is 4. The Balaban J connectivity index is 1.84. The van der Waals surface area contributed by atoms with E-state index in [0.717, 1.165) is 16.9 Å². The van der Waals surface area contributed by atoms with Gasteiger partial charge in [0.2, 0.25) is 0 Å². The molecule has 112 valence electrons. The van der Waals surface area contributed by atoms with Crippen molar-refractivity contribution in [1.82, 2.24) is 14.5 Å². The maximum Gasteiger partial charge on any atom is 0.330 e. The largest absolute Gasteiger partial charge is 0.330 e. The number of nitrogens with zero attached hydrogens (tertiary/aromatic N) is 2. The summed E-state index contributed by atoms with van der Waals surface area (Å²) in [6.07, 6.45) is 1.60. The van der Waals surface area contributed by atoms with Gasteiger partial charge in [0.1, 0.15) is 0 Å². The number of aryl methyl sites for hydroxylation is 1. The smallest absolute Gasteiger partial charge is 0.312 e. The maximum absolute atomic E-state index is 11.9. The summed E-state index contributed by atoms with van der Waals surface area (Å²) in [5, 5.41) is 3.24. The predicted octanol–water partition coefficient (Wildman–Crippen LogP) is 0.966. The summed E-state index contributed by atoms with van der Waals surface area (Å²) in [6, 6.07) is 10.2. The van der Waals surface area contributed by atoms with Crippen LogP contribution in [0.3, 0.4) is 0 Å². The highest BCUT2D eigenvalue weighted by Gasteiger charge is 2.05. The summed E-state index contributed by atoms with van der Waals surface area (Å²) in [6.45, 7) is 1.27. The standard InChI is InChI=1S/C15H19N3O2S/c1-17-11-12(14(19)18(2)15(17)20)10-16-8-9-21-13-6-4-3-5-7-13/h3-7,11,16H,8-10H2,1-2H3. The highest BCUT2D eigenvalue weighted by atomic mass is 32.2. The van der Waals surface area contributed by atoms with Gasteiger partial charge in [-0.25, -0.2) is 4.79 Å². The number of hydrogen-bond donors (Lipinski definition) is 1. The van der Waals surface area contributed by atoms with E-state index in [1.807, 2.05) is 18.2 Å². The molecule has 0 fully saturated rings. The number of thioether (sulfide) groups is 1. The van der Waals surface area contributed by atoms with Gasteiger partial charge in [-0.2, -0.15) is 0 Å². The van der Waals surface area contributed by atoms with Gasteiger partial charge in [0, 0.05) is 49.6 Å². The molecule has 0 spiro atoms. The summed E-state index contributed by atoms with van der Waals surface area (Å²) in [5.41, 5.74) is 0.0639. The molecule has 21 heavy (non-hydrogen) atoms. The summed E-state index contributed by atoms with van der Waals surface area (Å²) in [4.78, 5) is 24.7. The summed E-state index contributed by atoms with van der Waals surface area (Å²) in [5.74, 6) is 0.927. The molecule has 0 saturated carbocycles. The molecular weight excluding hydrogens is 286 g/mol. The van der Waals surface area contributed by atoms with Gasteiger partial charge < -0.3 is 9.88 Å². The first kappa shape index (κ1) is 15.6. The zero-order valence-electron chi connectivity index (χ0n) is 12.2. The molecule has 2 rings (SSSR count). The van der Waals surface area contributed by atoms with Crippen LogP contribution in [-0.4, -0.2) is 21.4 Å². The molecule has 1 aromatic heterocycles. The van der Waals surface area contributed by atoms with Crippen molar-refractivity contribution in [2.24, 2.45) is 14.1 Å². The van der Waals surface area contributed by atoms with Crippen molar-refractivity contribution in [2.75, 3.05) is 12.3 Å². The van der Waals surface area contributed by atoms with Gasteiger partial charge in [-0.1, -0.05) is 18.2 Å². The van der Waals surface area contributed by atoms with E-state index in [0.29, 0.717) is 12.1 Å². The fourth-order valence-corrected chi connectivity index (χ4v) is 2.82. The van der Waals surface area contributed by atoms with Crippen LogP contribution in [0.15, 0.2) is 51.0 Å². The van der Waals surface area contributed by atoms with E-state index in [2.05, 4.69) is 17.4 Å². The molecule has 0 aliphatic carbocycles. The monoisotopic (exact) mass is 305 g/mol. The van der Waals surface area contributed by atoms with Crippen molar-refractivity contribution in [3.05, 3.63) is 62.9 Å². The van der Waals surface area contributed by atoms with E-state index in [4.69, 9.17) is 0 Å². The highest BCUT2D eigenvalue weighted by Crippen LogP contribution is 2.15. The van der Waals surface area contributed by atoms with Gasteiger partial charge in [0.05, 0.1) is 0 Å². The third-order valence-corrected chi connectivity index (χ3v) is 4.14. The molecule has 0 radical (unpaired) electrons. The fraction of sp³-hybridized carbons (Fsp3) is 0.333. The van der Waals surface area contributed by atoms with Crippen molar-refractivity contribution in [2.45, 2.75) is 11.4 Å². The Morgan fingerprint density at radius 2 is 1.86 bits per heavy atom. The maximum atomic E-state index is 11.9. The number of benzene rings is 1. The van der Waals surface area contributed by atoms with E-state index >= 15 is 0 Å². The molecule has 6 heteroatoms. The quantitative estimate of drug-likeness (QED) is 0.638. The number of rotatable bonds is 6. The Morgan fingerprint density at radius 3 is 2.57 bits per heavy atom. The molecule has 0 amide bonds. The lowest BCUT2D eigenvalue weighted by Crippen LogP contribution is -2.39. The molecule has 0 unspecified atom stereocenters. The lowest BCUT2D eigenvalue weighted by Gasteiger charge is -2.08. The van der Waals surface area contributed by atoms with Gasteiger partial charge in [-0.3, -0.25) is 9.36 Å². The lowest BCUT2D eigenvalue weighted by molar-refractivity contribution is 0.642. The van der Waals surface area contributed by atoms with Crippen molar-refractivity contribution in [1.29, 1.82) is 0 Å². The van der Waals surface area contributed by atoms with E-state index in [9.17, 15) is 9.59 Å². The second-order valence-electron chi connectivity index (χ2n) is 4.75. The molecule has 0 saturated heterocycles. The third-order valence-electron chi connectivity index (χ3n) is 3.12. The van der Waals surface area contributed by atoms with Gasteiger partial charge in [-0.05, 0) is 12.1 Å². The van der Waals surface area contributed by atoms with Crippen LogP contribution in [-0.2, 0) is 20.6 Å². The molecule has 1 N–H and O–H groups in total. The minimum atomic E-state index is -0.302. The Labute approximate surface area is 127 Å². The van der Waals surface area contributed by atoms with Gasteiger partial charge in [-0.15, -0.1) is 11.8 Å². The van der Waals surface area contributed by atoms with Crippen molar-refractivity contribution >= 4 is 11.8 Å². The van der Waals surface area contributed by atoms with Crippen molar-refractivity contribution in [3.8, 4) is 0 Å². The van der Waals surface area contributed by atoms with E-state index in [1.165, 1.54) is 16.5 Å². The first-order valence-corrected chi connectivity index (χ1v) is 7.72. The van der Waals surface area contributed by atoms with Gasteiger partial charge in [0.25, 0.3) is 5.56 Å². The first-order valence-electron chi connectivity index (χ1n) is 6.73. The highest BCUT2D eigenvalue weighted by molar-refractivity contribution is 7.99. The normalized spacial score (nSPS) is 10.8. The van der Waals surface area contributed by atoms with Crippen LogP contribution < -0.4 is 16.6 Å². The Morgan fingerprint density at radius 1 is 1.14 bits per heavy atom. The molecular formula is C15H19N3O2S. The molecule has 0 aliphatic heterocycles. The first-order chi connectivity index (χ1) is 10.1. The third kappa shape index (κ3) is 4.09. The van der Waals surface area contributed by atoms with Gasteiger partial charge >= 0.3 is 5.69 Å². The average Bonchev–Trinajstić information content (AvgIpc) is 2.50. The zero-order valence-corrected chi connectivity index (χ0v) is 13.0. The molecule has 5 nitrogen and oxygen atoms in total. The molecule has 0 bridgehead atoms. The molecule has 1 heterocycles. The van der Waals surface area contributed by atoms with Crippen LogP contribution in [0.25, 0.3) is 0 Å². The molecule has 0 atom stereocenters. The Hall–Kier alpha value is -1.79. The summed E-state index contributed by atoms with van der Waals surface area (Å²) >= 11 is 1.77. The average molecular weight is 305 g/mol. The lowest BCUT2D eigenvalue weighted by atomic mass is 10.3. The van der Waals surface area contributed by atoms with E-state index in [1.54, 1.807) is 25.0 Å². The van der Waals surface area contributed by atoms with Crippen LogP contribution in [0.1, 0.15) is 5.56 Å². The molecule has 2 aromatic rings. The zero-order chi connectivity index (χ0) is 15.2. The second kappa shape index (κ2) is 7.28. The number of aromatic nitrogens is 2. The van der Waals surface area contributed by atoms with Crippen molar-refractivity contribution in [3.63, 3.8) is 0 Å². The topological polar surface area (TPSA) is 56.0 Å². The predicted molar refractivity (Wildman–Crippen MR) is 85.8 cm³/mol. The minimum Gasteiger partial charge on any atom is -0.312 e. The second-order valence-corrected chi connectivity index (χ2v) is 5.92. The van der Waals surface area contributed by atoms with Crippen LogP contribution in [0.5, 0.6) is 0 Å². The van der Waals surface area contributed by atoms with Crippen molar-refractivity contribution < 1.29 is 0 Å². The van der Waals surface area contributed by atoms with E-state index < -0.39 is 0 Å². The van der Waals surface area contributed by atoms with Crippen LogP contribution in [0.2, 0.25) is 0 Å². The summed E-state index contributed by atoms with van der Waals surface area (Å²) < 4.78 is 2.56. The minimum absolute atomic E-state index is 0.235. The molecule has 0 aliphatic rings. The SMILES string of the molecule is Cn1cc(CNCCSc2ccccc2)c(=O)n(C)c1=O. The molecule has 1 aromatic carbocycles. The van der Waals surface area contributed by atoms with Crippen LogP contribution in [0.4, 0.5) is 0 Å². The fourth-order valence-electron chi connectivity index (χ4n) is 1.99. The van der Waals surface area contributed by atoms with Gasteiger partial charge in [0.15, 0.2) is 0 Å². The van der Waals surface area contributed by atoms with Crippen LogP contribution >= 0.6 is 11.8 Å². The Kier molecular flexibility index (Phi) is 5.41. The number of nitrogens with one attached hydrogen (secondary N) is 1.